The fourth-order valence-electron chi connectivity index (χ4n) is 2.43. The Balaban J connectivity index is 2.16. The Bertz CT molecular complexity index is 777. The number of nitrogens with two attached hydrogens (primary N) is 1. The number of aliphatic hydroxyl groups is 1. The van der Waals surface area contributed by atoms with E-state index in [4.69, 9.17) is 22.2 Å². The molecule has 2 aromatic rings. The molecule has 0 fully saturated rings. The maximum Gasteiger partial charge on any atom is 0.276 e. The van der Waals surface area contributed by atoms with Gasteiger partial charge in [0, 0.05) is 5.39 Å². The molecule has 0 radical (unpaired) electrons. The summed E-state index contributed by atoms with van der Waals surface area (Å²) in [5.74, 6) is 4.82. The molecule has 6 nitrogen and oxygen atoms in total. The summed E-state index contributed by atoms with van der Waals surface area (Å²) in [6, 6.07) is 8.53. The third-order valence-corrected chi connectivity index (χ3v) is 3.85. The van der Waals surface area contributed by atoms with E-state index in [0.29, 0.717) is 21.5 Å². The van der Waals surface area contributed by atoms with Gasteiger partial charge in [0.2, 0.25) is 0 Å². The Morgan fingerprint density at radius 1 is 1.23 bits per heavy atom. The Hall–Kier alpha value is -2.15. The van der Waals surface area contributed by atoms with Gasteiger partial charge >= 0.3 is 0 Å². The molecule has 0 saturated carbocycles. The minimum atomic E-state index is -0.822. The first-order valence-corrected chi connectivity index (χ1v) is 7.14. The van der Waals surface area contributed by atoms with Crippen molar-refractivity contribution >= 4 is 34.2 Å². The Kier molecular flexibility index (Phi) is 3.74. The second-order valence-electron chi connectivity index (χ2n) is 4.94. The van der Waals surface area contributed by atoms with Crippen molar-refractivity contribution in [1.29, 1.82) is 0 Å². The monoisotopic (exact) mass is 320 g/mol. The normalized spacial score (nSPS) is 15.3. The van der Waals surface area contributed by atoms with Gasteiger partial charge in [0.1, 0.15) is 18.5 Å². The first-order chi connectivity index (χ1) is 10.5. The number of alkyl halides is 1. The maximum absolute atomic E-state index is 12.1. The average Bonchev–Trinajstić information content (AvgIpc) is 2.76. The quantitative estimate of drug-likeness (QED) is 0.383. The largest absolute Gasteiger partial charge is 0.490 e. The van der Waals surface area contributed by atoms with E-state index in [1.807, 2.05) is 0 Å². The van der Waals surface area contributed by atoms with Crippen molar-refractivity contribution in [3.8, 4) is 5.75 Å². The molecule has 0 saturated heterocycles. The van der Waals surface area contributed by atoms with Gasteiger partial charge in [0.25, 0.3) is 11.8 Å². The molecule has 1 aliphatic heterocycles. The van der Waals surface area contributed by atoms with Crippen LogP contribution in [0.2, 0.25) is 0 Å². The molecule has 114 valence electrons. The van der Waals surface area contributed by atoms with E-state index < -0.39 is 17.9 Å². The minimum absolute atomic E-state index is 0.0131. The zero-order chi connectivity index (χ0) is 15.9. The first kappa shape index (κ1) is 14.8. The zero-order valence-electron chi connectivity index (χ0n) is 11.5. The summed E-state index contributed by atoms with van der Waals surface area (Å²) in [4.78, 5) is 24.2. The summed E-state index contributed by atoms with van der Waals surface area (Å²) in [6.07, 6.45) is -0.822. The highest BCUT2D eigenvalue weighted by molar-refractivity contribution is 6.26. The van der Waals surface area contributed by atoms with Crippen molar-refractivity contribution in [3.05, 3.63) is 41.5 Å². The fourth-order valence-corrected chi connectivity index (χ4v) is 2.52. The van der Waals surface area contributed by atoms with Crippen molar-refractivity contribution in [1.82, 2.24) is 5.01 Å². The molecule has 1 unspecified atom stereocenters. The second-order valence-corrected chi connectivity index (χ2v) is 5.25. The number of ether oxygens (including phenoxy) is 1. The predicted octanol–water partition coefficient (Wildman–Crippen LogP) is 1.29. The molecule has 1 heterocycles. The summed E-state index contributed by atoms with van der Waals surface area (Å²) < 4.78 is 5.56. The van der Waals surface area contributed by atoms with E-state index >= 15 is 0 Å². The number of carbonyl (C=O) groups excluding carboxylic acids is 2. The SMILES string of the molecule is NN1C(=O)c2cc(OCC(O)CCl)c3ccccc3c2C1=O. The van der Waals surface area contributed by atoms with Crippen LogP contribution in [-0.2, 0) is 0 Å². The number of hydrogen-bond donors (Lipinski definition) is 2. The molecule has 0 bridgehead atoms. The van der Waals surface area contributed by atoms with Gasteiger partial charge in [-0.2, -0.15) is 0 Å². The van der Waals surface area contributed by atoms with Crippen molar-refractivity contribution in [2.75, 3.05) is 12.5 Å². The second kappa shape index (κ2) is 5.57. The molecule has 1 atom stereocenters. The molecule has 3 N–H and O–H groups in total. The number of halogens is 1. The molecule has 2 aromatic carbocycles. The van der Waals surface area contributed by atoms with E-state index in [9.17, 15) is 14.7 Å². The maximum atomic E-state index is 12.1. The number of nitrogens with zero attached hydrogens (tertiary/aromatic N) is 1. The van der Waals surface area contributed by atoms with E-state index in [0.717, 1.165) is 0 Å². The summed E-state index contributed by atoms with van der Waals surface area (Å²) in [7, 11) is 0. The molecule has 1 aliphatic rings. The van der Waals surface area contributed by atoms with Crippen LogP contribution in [-0.4, -0.2) is 40.5 Å². The number of hydrogen-bond acceptors (Lipinski definition) is 5. The standard InChI is InChI=1S/C15H13ClN2O4/c16-6-8(19)7-22-12-5-11-13(15(21)18(17)14(11)20)10-4-2-1-3-9(10)12/h1-5,8,19H,6-7,17H2. The van der Waals surface area contributed by atoms with Crippen LogP contribution in [0.3, 0.4) is 0 Å². The Labute approximate surface area is 131 Å². The number of aliphatic hydroxyl groups excluding tert-OH is 1. The number of fused-ring (bicyclic) bond motifs is 3. The van der Waals surface area contributed by atoms with Crippen LogP contribution < -0.4 is 10.6 Å². The predicted molar refractivity (Wildman–Crippen MR) is 80.9 cm³/mol. The number of rotatable bonds is 4. The summed E-state index contributed by atoms with van der Waals surface area (Å²) >= 11 is 5.54. The topological polar surface area (TPSA) is 92.9 Å². The van der Waals surface area contributed by atoms with Gasteiger partial charge in [-0.3, -0.25) is 9.59 Å². The lowest BCUT2D eigenvalue weighted by Crippen LogP contribution is -2.36. The van der Waals surface area contributed by atoms with Crippen LogP contribution >= 0.6 is 11.6 Å². The van der Waals surface area contributed by atoms with Gasteiger partial charge in [-0.25, -0.2) is 10.9 Å². The lowest BCUT2D eigenvalue weighted by Gasteiger charge is -2.13. The highest BCUT2D eigenvalue weighted by Crippen LogP contribution is 2.35. The van der Waals surface area contributed by atoms with Crippen LogP contribution in [0.25, 0.3) is 10.8 Å². The zero-order valence-corrected chi connectivity index (χ0v) is 12.2. The molecular weight excluding hydrogens is 308 g/mol. The van der Waals surface area contributed by atoms with Gasteiger partial charge in [-0.15, -0.1) is 11.6 Å². The number of hydrazine groups is 1. The Morgan fingerprint density at radius 2 is 1.91 bits per heavy atom. The number of benzene rings is 2. The number of carbonyl (C=O) groups is 2. The van der Waals surface area contributed by atoms with Gasteiger partial charge < -0.3 is 9.84 Å². The summed E-state index contributed by atoms with van der Waals surface area (Å²) in [5.41, 5.74) is 0.468. The van der Waals surface area contributed by atoms with Gasteiger partial charge in [-0.1, -0.05) is 24.3 Å². The molecule has 0 aromatic heterocycles. The molecule has 0 spiro atoms. The molecule has 2 amide bonds. The summed E-state index contributed by atoms with van der Waals surface area (Å²) in [6.45, 7) is -0.0131. The Morgan fingerprint density at radius 3 is 2.59 bits per heavy atom. The van der Waals surface area contributed by atoms with E-state index in [1.54, 1.807) is 24.3 Å². The molecule has 3 rings (SSSR count). The van der Waals surface area contributed by atoms with Gasteiger partial charge in [0.15, 0.2) is 0 Å². The summed E-state index contributed by atoms with van der Waals surface area (Å²) in [5, 5.41) is 11.4. The number of amides is 2. The van der Waals surface area contributed by atoms with Crippen molar-refractivity contribution in [2.45, 2.75) is 6.10 Å². The molecule has 7 heteroatoms. The fraction of sp³-hybridized carbons (Fsp3) is 0.200. The lowest BCUT2D eigenvalue weighted by atomic mass is 9.99. The van der Waals surface area contributed by atoms with E-state index in [2.05, 4.69) is 0 Å². The van der Waals surface area contributed by atoms with Crippen LogP contribution in [0, 0.1) is 0 Å². The van der Waals surface area contributed by atoms with Gasteiger partial charge in [0.05, 0.1) is 17.0 Å². The van der Waals surface area contributed by atoms with Crippen molar-refractivity contribution in [3.63, 3.8) is 0 Å². The van der Waals surface area contributed by atoms with Crippen molar-refractivity contribution < 1.29 is 19.4 Å². The lowest BCUT2D eigenvalue weighted by molar-refractivity contribution is 0.0654. The highest BCUT2D eigenvalue weighted by Gasteiger charge is 2.36. The third-order valence-electron chi connectivity index (χ3n) is 3.50. The van der Waals surface area contributed by atoms with Gasteiger partial charge in [-0.05, 0) is 11.5 Å². The van der Waals surface area contributed by atoms with Crippen LogP contribution in [0.5, 0.6) is 5.75 Å². The first-order valence-electron chi connectivity index (χ1n) is 6.60. The van der Waals surface area contributed by atoms with Crippen molar-refractivity contribution in [2.24, 2.45) is 5.84 Å². The number of imide groups is 1. The molecule has 0 aliphatic carbocycles. The van der Waals surface area contributed by atoms with Crippen LogP contribution in [0.1, 0.15) is 20.7 Å². The van der Waals surface area contributed by atoms with Crippen LogP contribution in [0.15, 0.2) is 30.3 Å². The van der Waals surface area contributed by atoms with Crippen LogP contribution in [0.4, 0.5) is 0 Å². The average molecular weight is 321 g/mol. The highest BCUT2D eigenvalue weighted by atomic mass is 35.5. The molecular formula is C15H13ClN2O4. The smallest absolute Gasteiger partial charge is 0.276 e. The molecule has 22 heavy (non-hydrogen) atoms. The minimum Gasteiger partial charge on any atom is -0.490 e. The van der Waals surface area contributed by atoms with E-state index in [1.165, 1.54) is 6.07 Å². The van der Waals surface area contributed by atoms with E-state index in [-0.39, 0.29) is 23.6 Å². The third kappa shape index (κ3) is 2.21.